The van der Waals surface area contributed by atoms with Gasteiger partial charge in [0, 0.05) is 25.6 Å². The van der Waals surface area contributed by atoms with Crippen molar-refractivity contribution < 1.29 is 14.7 Å². The van der Waals surface area contributed by atoms with Gasteiger partial charge in [0.2, 0.25) is 11.8 Å². The molecule has 5 nitrogen and oxygen atoms in total. The van der Waals surface area contributed by atoms with Gasteiger partial charge in [0.25, 0.3) is 0 Å². The minimum absolute atomic E-state index is 0.0479. The van der Waals surface area contributed by atoms with Gasteiger partial charge in [0.05, 0.1) is 12.0 Å². The fraction of sp³-hybridized carbons (Fsp3) is 0.556. The van der Waals surface area contributed by atoms with E-state index < -0.39 is 0 Å². The van der Waals surface area contributed by atoms with Gasteiger partial charge < -0.3 is 15.3 Å². The average molecular weight is 318 g/mol. The van der Waals surface area contributed by atoms with Crippen molar-refractivity contribution in [1.29, 1.82) is 0 Å². The minimum Gasteiger partial charge on any atom is -0.396 e. The van der Waals surface area contributed by atoms with Crippen LogP contribution < -0.4 is 5.32 Å². The van der Waals surface area contributed by atoms with E-state index in [9.17, 15) is 9.59 Å². The SMILES string of the molecule is CC(C)N1CC(C(=O)NC(CCCO)c2ccccc2)CC1=O. The van der Waals surface area contributed by atoms with Gasteiger partial charge in [-0.1, -0.05) is 30.3 Å². The Kier molecular flexibility index (Phi) is 6.16. The molecule has 2 amide bonds. The van der Waals surface area contributed by atoms with Crippen LogP contribution in [0, 0.1) is 5.92 Å². The van der Waals surface area contributed by atoms with Gasteiger partial charge in [0.1, 0.15) is 0 Å². The van der Waals surface area contributed by atoms with E-state index in [1.54, 1.807) is 4.90 Å². The molecule has 2 rings (SSSR count). The zero-order chi connectivity index (χ0) is 16.8. The first-order chi connectivity index (χ1) is 11.0. The molecule has 1 aromatic rings. The van der Waals surface area contributed by atoms with Crippen molar-refractivity contribution in [2.45, 2.75) is 45.2 Å². The highest BCUT2D eigenvalue weighted by Gasteiger charge is 2.36. The Morgan fingerprint density at radius 2 is 2.04 bits per heavy atom. The summed E-state index contributed by atoms with van der Waals surface area (Å²) < 4.78 is 0. The van der Waals surface area contributed by atoms with Crippen molar-refractivity contribution in [1.82, 2.24) is 10.2 Å². The monoisotopic (exact) mass is 318 g/mol. The molecular formula is C18H26N2O3. The van der Waals surface area contributed by atoms with Gasteiger partial charge in [0.15, 0.2) is 0 Å². The van der Waals surface area contributed by atoms with E-state index in [-0.39, 0.29) is 42.8 Å². The van der Waals surface area contributed by atoms with Gasteiger partial charge in [-0.2, -0.15) is 0 Å². The summed E-state index contributed by atoms with van der Waals surface area (Å²) in [6.45, 7) is 4.52. The second kappa shape index (κ2) is 8.11. The lowest BCUT2D eigenvalue weighted by Crippen LogP contribution is -2.37. The number of aliphatic hydroxyl groups is 1. The summed E-state index contributed by atoms with van der Waals surface area (Å²) in [7, 11) is 0. The van der Waals surface area contributed by atoms with Crippen LogP contribution in [0.5, 0.6) is 0 Å². The molecule has 5 heteroatoms. The maximum Gasteiger partial charge on any atom is 0.225 e. The molecule has 2 unspecified atom stereocenters. The number of rotatable bonds is 7. The Morgan fingerprint density at radius 1 is 1.35 bits per heavy atom. The number of likely N-dealkylation sites (tertiary alicyclic amines) is 1. The molecule has 0 bridgehead atoms. The molecule has 0 radical (unpaired) electrons. The van der Waals surface area contributed by atoms with Crippen LogP contribution in [0.25, 0.3) is 0 Å². The maximum atomic E-state index is 12.6. The fourth-order valence-corrected chi connectivity index (χ4v) is 3.00. The summed E-state index contributed by atoms with van der Waals surface area (Å²) in [6.07, 6.45) is 1.59. The number of nitrogens with zero attached hydrogens (tertiary/aromatic N) is 1. The number of amides is 2. The summed E-state index contributed by atoms with van der Waals surface area (Å²) in [6, 6.07) is 9.76. The third-order valence-corrected chi connectivity index (χ3v) is 4.32. The molecule has 0 aromatic heterocycles. The van der Waals surface area contributed by atoms with Crippen molar-refractivity contribution in [3.8, 4) is 0 Å². The molecule has 1 heterocycles. The minimum atomic E-state index is -0.287. The topological polar surface area (TPSA) is 69.6 Å². The smallest absolute Gasteiger partial charge is 0.225 e. The van der Waals surface area contributed by atoms with E-state index in [1.807, 2.05) is 44.2 Å². The number of benzene rings is 1. The highest BCUT2D eigenvalue weighted by Crippen LogP contribution is 2.23. The summed E-state index contributed by atoms with van der Waals surface area (Å²) in [5.74, 6) is -0.315. The molecule has 1 saturated heterocycles. The van der Waals surface area contributed by atoms with E-state index in [0.29, 0.717) is 19.4 Å². The number of carbonyl (C=O) groups excluding carboxylic acids is 2. The first-order valence-corrected chi connectivity index (χ1v) is 8.28. The molecule has 1 aliphatic heterocycles. The third kappa shape index (κ3) is 4.55. The van der Waals surface area contributed by atoms with Crippen LogP contribution in [-0.4, -0.2) is 41.0 Å². The van der Waals surface area contributed by atoms with Crippen LogP contribution in [0.1, 0.15) is 44.7 Å². The highest BCUT2D eigenvalue weighted by molar-refractivity contribution is 5.89. The Balaban J connectivity index is 2.02. The lowest BCUT2D eigenvalue weighted by atomic mass is 10.0. The molecule has 1 aromatic carbocycles. The normalized spacial score (nSPS) is 19.2. The third-order valence-electron chi connectivity index (χ3n) is 4.32. The zero-order valence-corrected chi connectivity index (χ0v) is 13.9. The summed E-state index contributed by atoms with van der Waals surface area (Å²) in [5.41, 5.74) is 1.03. The first-order valence-electron chi connectivity index (χ1n) is 8.28. The number of carbonyl (C=O) groups is 2. The van der Waals surface area contributed by atoms with Crippen LogP contribution >= 0.6 is 0 Å². The van der Waals surface area contributed by atoms with Gasteiger partial charge in [-0.15, -0.1) is 0 Å². The molecular weight excluding hydrogens is 292 g/mol. The van der Waals surface area contributed by atoms with Gasteiger partial charge in [-0.3, -0.25) is 9.59 Å². The van der Waals surface area contributed by atoms with Gasteiger partial charge in [-0.05, 0) is 32.3 Å². The molecule has 0 aliphatic carbocycles. The van der Waals surface area contributed by atoms with Crippen molar-refractivity contribution in [3.63, 3.8) is 0 Å². The molecule has 1 fully saturated rings. The van der Waals surface area contributed by atoms with Crippen LogP contribution in [0.4, 0.5) is 0 Å². The van der Waals surface area contributed by atoms with E-state index in [4.69, 9.17) is 5.11 Å². The molecule has 0 saturated carbocycles. The van der Waals surface area contributed by atoms with Crippen LogP contribution in [0.15, 0.2) is 30.3 Å². The van der Waals surface area contributed by atoms with E-state index in [1.165, 1.54) is 0 Å². The van der Waals surface area contributed by atoms with Crippen molar-refractivity contribution >= 4 is 11.8 Å². The van der Waals surface area contributed by atoms with E-state index >= 15 is 0 Å². The lowest BCUT2D eigenvalue weighted by molar-refractivity contribution is -0.130. The molecule has 2 N–H and O–H groups in total. The van der Waals surface area contributed by atoms with Crippen molar-refractivity contribution in [2.24, 2.45) is 5.92 Å². The number of hydrogen-bond donors (Lipinski definition) is 2. The van der Waals surface area contributed by atoms with Crippen molar-refractivity contribution in [2.75, 3.05) is 13.2 Å². The summed E-state index contributed by atoms with van der Waals surface area (Å²) >= 11 is 0. The second-order valence-electron chi connectivity index (χ2n) is 6.38. The molecule has 23 heavy (non-hydrogen) atoms. The van der Waals surface area contributed by atoms with E-state index in [2.05, 4.69) is 5.32 Å². The largest absolute Gasteiger partial charge is 0.396 e. The molecule has 126 valence electrons. The first kappa shape index (κ1) is 17.5. The second-order valence-corrected chi connectivity index (χ2v) is 6.38. The molecule has 2 atom stereocenters. The number of nitrogens with one attached hydrogen (secondary N) is 1. The lowest BCUT2D eigenvalue weighted by Gasteiger charge is -2.23. The van der Waals surface area contributed by atoms with Crippen LogP contribution in [0.3, 0.4) is 0 Å². The fourth-order valence-electron chi connectivity index (χ4n) is 3.00. The Hall–Kier alpha value is -1.88. The van der Waals surface area contributed by atoms with Gasteiger partial charge in [-0.25, -0.2) is 0 Å². The standard InChI is InChI=1S/C18H26N2O3/c1-13(2)20-12-15(11-17(20)22)18(23)19-16(9-6-10-21)14-7-4-3-5-8-14/h3-5,7-8,13,15-16,21H,6,9-12H2,1-2H3,(H,19,23). The van der Waals surface area contributed by atoms with Gasteiger partial charge >= 0.3 is 0 Å². The predicted octanol–water partition coefficient (Wildman–Crippen LogP) is 1.87. The number of hydrogen-bond acceptors (Lipinski definition) is 3. The summed E-state index contributed by atoms with van der Waals surface area (Å²) in [4.78, 5) is 26.3. The van der Waals surface area contributed by atoms with Crippen LogP contribution in [0.2, 0.25) is 0 Å². The summed E-state index contributed by atoms with van der Waals surface area (Å²) in [5, 5.41) is 12.1. The van der Waals surface area contributed by atoms with Crippen LogP contribution in [-0.2, 0) is 9.59 Å². The number of aliphatic hydroxyl groups excluding tert-OH is 1. The molecule has 1 aliphatic rings. The average Bonchev–Trinajstić information content (AvgIpc) is 2.94. The Bertz CT molecular complexity index is 530. The Morgan fingerprint density at radius 3 is 2.61 bits per heavy atom. The maximum absolute atomic E-state index is 12.6. The highest BCUT2D eigenvalue weighted by atomic mass is 16.3. The van der Waals surface area contributed by atoms with Crippen molar-refractivity contribution in [3.05, 3.63) is 35.9 Å². The zero-order valence-electron chi connectivity index (χ0n) is 13.9. The molecule has 0 spiro atoms. The Labute approximate surface area is 137 Å². The van der Waals surface area contributed by atoms with E-state index in [0.717, 1.165) is 5.56 Å². The predicted molar refractivity (Wildman–Crippen MR) is 88.6 cm³/mol. The quantitative estimate of drug-likeness (QED) is 0.806.